The zero-order chi connectivity index (χ0) is 12.7. The lowest BCUT2D eigenvalue weighted by atomic mass is 10.3. The van der Waals surface area contributed by atoms with Gasteiger partial charge in [-0.25, -0.2) is 4.79 Å². The van der Waals surface area contributed by atoms with Gasteiger partial charge in [0.1, 0.15) is 6.04 Å². The molecule has 92 valence electrons. The van der Waals surface area contributed by atoms with E-state index in [-0.39, 0.29) is 12.5 Å². The van der Waals surface area contributed by atoms with E-state index in [1.54, 1.807) is 6.92 Å². The summed E-state index contributed by atoms with van der Waals surface area (Å²) in [5.41, 5.74) is 0.855. The van der Waals surface area contributed by atoms with Crippen molar-refractivity contribution < 1.29 is 14.3 Å². The number of methoxy groups -OCH3 is 1. The molecule has 1 amide bonds. The van der Waals surface area contributed by atoms with E-state index in [0.717, 1.165) is 5.69 Å². The number of carbonyl (C=O) groups is 2. The molecule has 0 radical (unpaired) electrons. The molecule has 1 rings (SSSR count). The maximum Gasteiger partial charge on any atom is 0.328 e. The SMILES string of the molecule is COC(=O)[C@H](C)NC(=O)CNc1ccccc1. The molecular formula is C12H16N2O3. The molecule has 0 aliphatic rings. The molecule has 0 bridgehead atoms. The van der Waals surface area contributed by atoms with Crippen molar-refractivity contribution in [1.29, 1.82) is 0 Å². The van der Waals surface area contributed by atoms with E-state index in [2.05, 4.69) is 15.4 Å². The highest BCUT2D eigenvalue weighted by Gasteiger charge is 2.15. The number of nitrogens with one attached hydrogen (secondary N) is 2. The van der Waals surface area contributed by atoms with Gasteiger partial charge in [-0.1, -0.05) is 18.2 Å². The third-order valence-electron chi connectivity index (χ3n) is 2.16. The molecule has 17 heavy (non-hydrogen) atoms. The average molecular weight is 236 g/mol. The van der Waals surface area contributed by atoms with Crippen LogP contribution in [-0.2, 0) is 14.3 Å². The van der Waals surface area contributed by atoms with E-state index in [1.807, 2.05) is 30.3 Å². The number of amides is 1. The second-order valence-corrected chi connectivity index (χ2v) is 3.53. The minimum Gasteiger partial charge on any atom is -0.467 e. The van der Waals surface area contributed by atoms with Gasteiger partial charge in [0, 0.05) is 5.69 Å². The molecule has 5 nitrogen and oxygen atoms in total. The summed E-state index contributed by atoms with van der Waals surface area (Å²) in [7, 11) is 1.28. The first-order chi connectivity index (χ1) is 8.13. The molecule has 0 aromatic heterocycles. The number of hydrogen-bond acceptors (Lipinski definition) is 4. The minimum absolute atomic E-state index is 0.116. The van der Waals surface area contributed by atoms with Crippen LogP contribution < -0.4 is 10.6 Å². The van der Waals surface area contributed by atoms with Gasteiger partial charge in [0.25, 0.3) is 0 Å². The molecule has 0 saturated carbocycles. The Balaban J connectivity index is 2.33. The van der Waals surface area contributed by atoms with Crippen LogP contribution in [0.3, 0.4) is 0 Å². The third kappa shape index (κ3) is 4.55. The van der Waals surface area contributed by atoms with Crippen LogP contribution in [0.5, 0.6) is 0 Å². The van der Waals surface area contributed by atoms with Crippen molar-refractivity contribution in [3.8, 4) is 0 Å². The smallest absolute Gasteiger partial charge is 0.328 e. The fourth-order valence-electron chi connectivity index (χ4n) is 1.27. The number of anilines is 1. The summed E-state index contributed by atoms with van der Waals surface area (Å²) >= 11 is 0. The van der Waals surface area contributed by atoms with Gasteiger partial charge in [-0.15, -0.1) is 0 Å². The van der Waals surface area contributed by atoms with Crippen LogP contribution in [0.25, 0.3) is 0 Å². The summed E-state index contributed by atoms with van der Waals surface area (Å²) in [6, 6.07) is 8.72. The van der Waals surface area contributed by atoms with E-state index < -0.39 is 12.0 Å². The first-order valence-corrected chi connectivity index (χ1v) is 5.29. The molecule has 0 saturated heterocycles. The fraction of sp³-hybridized carbons (Fsp3) is 0.333. The van der Waals surface area contributed by atoms with Crippen LogP contribution in [0.4, 0.5) is 5.69 Å². The second-order valence-electron chi connectivity index (χ2n) is 3.53. The zero-order valence-corrected chi connectivity index (χ0v) is 9.90. The Hall–Kier alpha value is -2.04. The van der Waals surface area contributed by atoms with Gasteiger partial charge in [-0.05, 0) is 19.1 Å². The highest BCUT2D eigenvalue weighted by atomic mass is 16.5. The number of ether oxygens (including phenoxy) is 1. The van der Waals surface area contributed by atoms with E-state index >= 15 is 0 Å². The number of carbonyl (C=O) groups excluding carboxylic acids is 2. The Bertz CT molecular complexity index is 379. The standard InChI is InChI=1S/C12H16N2O3/c1-9(12(16)17-2)14-11(15)8-13-10-6-4-3-5-7-10/h3-7,9,13H,8H2,1-2H3,(H,14,15)/t9-/m0/s1. The molecule has 1 atom stereocenters. The van der Waals surface area contributed by atoms with Crippen LogP contribution >= 0.6 is 0 Å². The molecular weight excluding hydrogens is 220 g/mol. The number of esters is 1. The van der Waals surface area contributed by atoms with Crippen LogP contribution in [0.15, 0.2) is 30.3 Å². The van der Waals surface area contributed by atoms with Gasteiger partial charge in [-0.3, -0.25) is 4.79 Å². The topological polar surface area (TPSA) is 67.4 Å². The summed E-state index contributed by atoms with van der Waals surface area (Å²) in [5, 5.41) is 5.47. The van der Waals surface area contributed by atoms with Crippen LogP contribution in [0, 0.1) is 0 Å². The largest absolute Gasteiger partial charge is 0.467 e. The van der Waals surface area contributed by atoms with Gasteiger partial charge in [0.05, 0.1) is 13.7 Å². The quantitative estimate of drug-likeness (QED) is 0.741. The summed E-state index contributed by atoms with van der Waals surface area (Å²) < 4.78 is 4.50. The first kappa shape index (κ1) is 13.0. The van der Waals surface area contributed by atoms with Crippen molar-refractivity contribution in [2.45, 2.75) is 13.0 Å². The van der Waals surface area contributed by atoms with E-state index in [0.29, 0.717) is 0 Å². The van der Waals surface area contributed by atoms with Gasteiger partial charge < -0.3 is 15.4 Å². The Kier molecular flexibility index (Phi) is 5.00. The normalized spacial score (nSPS) is 11.4. The van der Waals surface area contributed by atoms with E-state index in [9.17, 15) is 9.59 Å². The average Bonchev–Trinajstić information content (AvgIpc) is 2.36. The number of para-hydroxylation sites is 1. The molecule has 0 spiro atoms. The van der Waals surface area contributed by atoms with Crippen molar-refractivity contribution >= 4 is 17.6 Å². The van der Waals surface area contributed by atoms with Crippen LogP contribution in [0.2, 0.25) is 0 Å². The summed E-state index contributed by atoms with van der Waals surface area (Å²) in [5.74, 6) is -0.718. The molecule has 0 aliphatic carbocycles. The van der Waals surface area contributed by atoms with E-state index in [1.165, 1.54) is 7.11 Å². The molecule has 0 fully saturated rings. The highest BCUT2D eigenvalue weighted by molar-refractivity contribution is 5.86. The predicted octanol–water partition coefficient (Wildman–Crippen LogP) is 0.776. The number of benzene rings is 1. The summed E-state index contributed by atoms with van der Waals surface area (Å²) in [4.78, 5) is 22.5. The lowest BCUT2D eigenvalue weighted by Crippen LogP contribution is -2.41. The Morgan fingerprint density at radius 1 is 1.29 bits per heavy atom. The Morgan fingerprint density at radius 3 is 2.53 bits per heavy atom. The lowest BCUT2D eigenvalue weighted by Gasteiger charge is -2.12. The van der Waals surface area contributed by atoms with E-state index in [4.69, 9.17) is 0 Å². The van der Waals surface area contributed by atoms with Crippen molar-refractivity contribution in [3.63, 3.8) is 0 Å². The summed E-state index contributed by atoms with van der Waals surface area (Å²) in [6.07, 6.45) is 0. The molecule has 0 heterocycles. The fourth-order valence-corrected chi connectivity index (χ4v) is 1.27. The van der Waals surface area contributed by atoms with Gasteiger partial charge in [0.2, 0.25) is 5.91 Å². The zero-order valence-electron chi connectivity index (χ0n) is 9.90. The Morgan fingerprint density at radius 2 is 1.94 bits per heavy atom. The number of hydrogen-bond donors (Lipinski definition) is 2. The molecule has 5 heteroatoms. The molecule has 1 aromatic carbocycles. The van der Waals surface area contributed by atoms with Gasteiger partial charge >= 0.3 is 5.97 Å². The van der Waals surface area contributed by atoms with Gasteiger partial charge in [0.15, 0.2) is 0 Å². The summed E-state index contributed by atoms with van der Waals surface area (Å²) in [6.45, 7) is 1.69. The molecule has 2 N–H and O–H groups in total. The minimum atomic E-state index is -0.634. The predicted molar refractivity (Wildman–Crippen MR) is 64.6 cm³/mol. The molecule has 1 aromatic rings. The van der Waals surface area contributed by atoms with Crippen molar-refractivity contribution in [2.75, 3.05) is 19.0 Å². The van der Waals surface area contributed by atoms with Crippen molar-refractivity contribution in [2.24, 2.45) is 0 Å². The molecule has 0 unspecified atom stereocenters. The van der Waals surface area contributed by atoms with Crippen molar-refractivity contribution in [1.82, 2.24) is 5.32 Å². The monoisotopic (exact) mass is 236 g/mol. The maximum absolute atomic E-state index is 11.5. The number of rotatable bonds is 5. The lowest BCUT2D eigenvalue weighted by molar-refractivity contribution is -0.144. The maximum atomic E-state index is 11.5. The van der Waals surface area contributed by atoms with Crippen LogP contribution in [-0.4, -0.2) is 31.6 Å². The van der Waals surface area contributed by atoms with Crippen molar-refractivity contribution in [3.05, 3.63) is 30.3 Å². The highest BCUT2D eigenvalue weighted by Crippen LogP contribution is 2.03. The molecule has 0 aliphatic heterocycles. The second kappa shape index (κ2) is 6.52. The van der Waals surface area contributed by atoms with Crippen LogP contribution in [0.1, 0.15) is 6.92 Å². The van der Waals surface area contributed by atoms with Gasteiger partial charge in [-0.2, -0.15) is 0 Å². The Labute approximate surface area is 100 Å². The first-order valence-electron chi connectivity index (χ1n) is 5.29. The third-order valence-corrected chi connectivity index (χ3v) is 2.16.